The van der Waals surface area contributed by atoms with Crippen LogP contribution in [-0.2, 0) is 0 Å². The van der Waals surface area contributed by atoms with Gasteiger partial charge in [0.25, 0.3) is 0 Å². The van der Waals surface area contributed by atoms with Gasteiger partial charge in [-0.25, -0.2) is 0 Å². The fraction of sp³-hybridized carbons (Fsp3) is 0. The summed E-state index contributed by atoms with van der Waals surface area (Å²) in [4.78, 5) is 3.93. The zero-order chi connectivity index (χ0) is 8.27. The molecule has 0 aliphatic heterocycles. The smallest absolute Gasteiger partial charge is 0.134 e. The number of rotatable bonds is 2. The van der Waals surface area contributed by atoms with Gasteiger partial charge in [-0.05, 0) is 6.07 Å². The maximum absolute atomic E-state index is 9.03. The molecule has 0 spiro atoms. The Morgan fingerprint density at radius 1 is 1.64 bits per heavy atom. The minimum atomic E-state index is -0.0273. The lowest BCUT2D eigenvalue weighted by atomic mass is 10.2. The summed E-state index contributed by atoms with van der Waals surface area (Å²) in [5, 5.41) is 9.03. The topological polar surface area (TPSA) is 33.1 Å². The van der Waals surface area contributed by atoms with E-state index < -0.39 is 0 Å². The van der Waals surface area contributed by atoms with Crippen LogP contribution in [0.15, 0.2) is 31.5 Å². The molecule has 0 fully saturated rings. The summed E-state index contributed by atoms with van der Waals surface area (Å²) >= 11 is 0. The first-order valence-electron chi connectivity index (χ1n) is 3.21. The summed E-state index contributed by atoms with van der Waals surface area (Å²) in [7, 11) is 0. The number of hydrogen-bond donors (Lipinski definition) is 1. The highest BCUT2D eigenvalue weighted by atomic mass is 16.3. The Labute approximate surface area is 65.5 Å². The standard InChI is InChI=1S/C9H9NO/c1-3-8-5-4-6-10-9(8)7(2)11/h3-6,11H,1-2H2. The van der Waals surface area contributed by atoms with Crippen LogP contribution in [0.5, 0.6) is 0 Å². The Morgan fingerprint density at radius 3 is 2.82 bits per heavy atom. The van der Waals surface area contributed by atoms with Crippen molar-refractivity contribution < 1.29 is 5.11 Å². The van der Waals surface area contributed by atoms with Crippen LogP contribution in [0.25, 0.3) is 11.8 Å². The number of aromatic nitrogens is 1. The molecule has 1 rings (SSSR count). The fourth-order valence-corrected chi connectivity index (χ4v) is 0.824. The number of pyridine rings is 1. The molecule has 0 bridgehead atoms. The van der Waals surface area contributed by atoms with E-state index in [1.807, 2.05) is 6.07 Å². The van der Waals surface area contributed by atoms with Crippen molar-refractivity contribution in [2.24, 2.45) is 0 Å². The molecular weight excluding hydrogens is 138 g/mol. The van der Waals surface area contributed by atoms with Gasteiger partial charge in [-0.15, -0.1) is 0 Å². The molecule has 0 aromatic carbocycles. The van der Waals surface area contributed by atoms with E-state index in [0.717, 1.165) is 5.56 Å². The van der Waals surface area contributed by atoms with Crippen LogP contribution >= 0.6 is 0 Å². The lowest BCUT2D eigenvalue weighted by Gasteiger charge is -2.00. The van der Waals surface area contributed by atoms with E-state index in [1.165, 1.54) is 0 Å². The Bertz CT molecular complexity index is 291. The Hall–Kier alpha value is -1.57. The molecule has 56 valence electrons. The summed E-state index contributed by atoms with van der Waals surface area (Å²) < 4.78 is 0. The largest absolute Gasteiger partial charge is 0.506 e. The van der Waals surface area contributed by atoms with E-state index in [1.54, 1.807) is 18.3 Å². The summed E-state index contributed by atoms with van der Waals surface area (Å²) in [6, 6.07) is 3.60. The number of aliphatic hydroxyl groups is 1. The summed E-state index contributed by atoms with van der Waals surface area (Å²) in [6.07, 6.45) is 3.23. The molecule has 1 aromatic heterocycles. The van der Waals surface area contributed by atoms with Gasteiger partial charge in [0, 0.05) is 11.8 Å². The average Bonchev–Trinajstić information content (AvgIpc) is 2.04. The first kappa shape index (κ1) is 7.54. The maximum atomic E-state index is 9.03. The molecule has 0 unspecified atom stereocenters. The van der Waals surface area contributed by atoms with E-state index in [9.17, 15) is 0 Å². The molecule has 0 saturated heterocycles. The van der Waals surface area contributed by atoms with Crippen LogP contribution < -0.4 is 0 Å². The fourth-order valence-electron chi connectivity index (χ4n) is 0.824. The van der Waals surface area contributed by atoms with Crippen molar-refractivity contribution in [3.8, 4) is 0 Å². The number of aliphatic hydroxyl groups excluding tert-OH is 1. The van der Waals surface area contributed by atoms with Gasteiger partial charge < -0.3 is 5.11 Å². The molecule has 2 nitrogen and oxygen atoms in total. The second-order valence-corrected chi connectivity index (χ2v) is 2.09. The Kier molecular flexibility index (Phi) is 2.06. The van der Waals surface area contributed by atoms with E-state index in [4.69, 9.17) is 5.11 Å². The molecule has 0 radical (unpaired) electrons. The first-order chi connectivity index (χ1) is 5.25. The highest BCUT2D eigenvalue weighted by Crippen LogP contribution is 2.12. The first-order valence-corrected chi connectivity index (χ1v) is 3.21. The van der Waals surface area contributed by atoms with Gasteiger partial charge in [0.15, 0.2) is 0 Å². The molecular formula is C9H9NO. The van der Waals surface area contributed by atoms with Gasteiger partial charge in [0.1, 0.15) is 11.5 Å². The predicted molar refractivity (Wildman–Crippen MR) is 46.0 cm³/mol. The summed E-state index contributed by atoms with van der Waals surface area (Å²) in [6.45, 7) is 6.96. The lowest BCUT2D eigenvalue weighted by molar-refractivity contribution is 0.510. The Balaban J connectivity index is 3.22. The molecule has 0 aliphatic carbocycles. The molecule has 0 atom stereocenters. The van der Waals surface area contributed by atoms with E-state index in [-0.39, 0.29) is 5.76 Å². The zero-order valence-corrected chi connectivity index (χ0v) is 6.12. The third-order valence-corrected chi connectivity index (χ3v) is 1.33. The van der Waals surface area contributed by atoms with Crippen LogP contribution in [0.4, 0.5) is 0 Å². The SMILES string of the molecule is C=Cc1cccnc1C(=C)O. The van der Waals surface area contributed by atoms with Crippen LogP contribution in [-0.4, -0.2) is 10.1 Å². The second-order valence-electron chi connectivity index (χ2n) is 2.09. The van der Waals surface area contributed by atoms with E-state index in [0.29, 0.717) is 5.69 Å². The molecule has 0 saturated carbocycles. The van der Waals surface area contributed by atoms with Gasteiger partial charge in [-0.1, -0.05) is 25.3 Å². The van der Waals surface area contributed by atoms with Gasteiger partial charge in [0.2, 0.25) is 0 Å². The van der Waals surface area contributed by atoms with Gasteiger partial charge in [0.05, 0.1) is 0 Å². The number of hydrogen-bond acceptors (Lipinski definition) is 2. The minimum absolute atomic E-state index is 0.0273. The molecule has 0 amide bonds. The van der Waals surface area contributed by atoms with E-state index in [2.05, 4.69) is 18.1 Å². The van der Waals surface area contributed by atoms with Crippen molar-refractivity contribution in [1.82, 2.24) is 4.98 Å². The second kappa shape index (κ2) is 3.01. The summed E-state index contributed by atoms with van der Waals surface area (Å²) in [5.74, 6) is -0.0273. The molecule has 1 heterocycles. The highest BCUT2D eigenvalue weighted by molar-refractivity contribution is 5.64. The van der Waals surface area contributed by atoms with Gasteiger partial charge in [-0.3, -0.25) is 4.98 Å². The van der Waals surface area contributed by atoms with Crippen LogP contribution in [0.3, 0.4) is 0 Å². The van der Waals surface area contributed by atoms with Crippen molar-refractivity contribution in [2.75, 3.05) is 0 Å². The number of nitrogens with zero attached hydrogens (tertiary/aromatic N) is 1. The van der Waals surface area contributed by atoms with Crippen molar-refractivity contribution >= 4 is 11.8 Å². The van der Waals surface area contributed by atoms with Crippen molar-refractivity contribution in [3.63, 3.8) is 0 Å². The molecule has 1 N–H and O–H groups in total. The molecule has 1 aromatic rings. The molecule has 11 heavy (non-hydrogen) atoms. The van der Waals surface area contributed by atoms with Crippen LogP contribution in [0.2, 0.25) is 0 Å². The average molecular weight is 147 g/mol. The lowest BCUT2D eigenvalue weighted by Crippen LogP contribution is -1.89. The molecule has 0 aliphatic rings. The molecule has 2 heteroatoms. The van der Waals surface area contributed by atoms with E-state index >= 15 is 0 Å². The normalized spacial score (nSPS) is 9.09. The van der Waals surface area contributed by atoms with Crippen molar-refractivity contribution in [1.29, 1.82) is 0 Å². The third-order valence-electron chi connectivity index (χ3n) is 1.33. The monoisotopic (exact) mass is 147 g/mol. The maximum Gasteiger partial charge on any atom is 0.134 e. The van der Waals surface area contributed by atoms with Crippen LogP contribution in [0, 0.1) is 0 Å². The Morgan fingerprint density at radius 2 is 2.36 bits per heavy atom. The minimum Gasteiger partial charge on any atom is -0.506 e. The zero-order valence-electron chi connectivity index (χ0n) is 6.12. The third kappa shape index (κ3) is 1.46. The van der Waals surface area contributed by atoms with Crippen LogP contribution in [0.1, 0.15) is 11.3 Å². The van der Waals surface area contributed by atoms with Gasteiger partial charge in [-0.2, -0.15) is 0 Å². The predicted octanol–water partition coefficient (Wildman–Crippen LogP) is 2.25. The highest BCUT2D eigenvalue weighted by Gasteiger charge is 2.00. The van der Waals surface area contributed by atoms with Gasteiger partial charge >= 0.3 is 0 Å². The quantitative estimate of drug-likeness (QED) is 0.651. The van der Waals surface area contributed by atoms with Crippen molar-refractivity contribution in [3.05, 3.63) is 42.7 Å². The van der Waals surface area contributed by atoms with Crippen molar-refractivity contribution in [2.45, 2.75) is 0 Å². The summed E-state index contributed by atoms with van der Waals surface area (Å²) in [5.41, 5.74) is 1.28.